The van der Waals surface area contributed by atoms with E-state index in [1.165, 1.54) is 5.69 Å². The van der Waals surface area contributed by atoms with E-state index in [-0.39, 0.29) is 5.91 Å². The topological polar surface area (TPSA) is 55.8 Å². The van der Waals surface area contributed by atoms with Crippen LogP contribution >= 0.6 is 0 Å². The molecule has 1 saturated heterocycles. The molecule has 0 atom stereocenters. The largest absolute Gasteiger partial charge is 0.390 e. The Kier molecular flexibility index (Phi) is 6.82. The Bertz CT molecular complexity index is 535. The number of rotatable bonds is 7. The lowest BCUT2D eigenvalue weighted by Gasteiger charge is -2.39. The van der Waals surface area contributed by atoms with Crippen LogP contribution in [0.25, 0.3) is 0 Å². The molecule has 1 amide bonds. The SMILES string of the molecule is CN(C)C/C=C/C(=O)NCCC1(O)CCN(c2ccccc2)CC1. The van der Waals surface area contributed by atoms with Crippen LogP contribution in [0.4, 0.5) is 5.69 Å². The van der Waals surface area contributed by atoms with Crippen molar-refractivity contribution in [1.29, 1.82) is 0 Å². The summed E-state index contributed by atoms with van der Waals surface area (Å²) in [5.41, 5.74) is 0.533. The molecule has 1 aliphatic rings. The summed E-state index contributed by atoms with van der Waals surface area (Å²) in [6, 6.07) is 10.3. The van der Waals surface area contributed by atoms with Crippen molar-refractivity contribution in [2.24, 2.45) is 0 Å². The van der Waals surface area contributed by atoms with E-state index in [0.29, 0.717) is 13.0 Å². The summed E-state index contributed by atoms with van der Waals surface area (Å²) in [6.07, 6.45) is 5.45. The van der Waals surface area contributed by atoms with E-state index in [4.69, 9.17) is 0 Å². The summed E-state index contributed by atoms with van der Waals surface area (Å²) in [4.78, 5) is 16.0. The van der Waals surface area contributed by atoms with Crippen molar-refractivity contribution >= 4 is 11.6 Å². The van der Waals surface area contributed by atoms with E-state index < -0.39 is 5.60 Å². The molecule has 0 aromatic heterocycles. The number of hydrogen-bond acceptors (Lipinski definition) is 4. The molecule has 0 radical (unpaired) electrons. The van der Waals surface area contributed by atoms with Gasteiger partial charge in [0.15, 0.2) is 0 Å². The molecule has 2 rings (SSSR count). The van der Waals surface area contributed by atoms with Crippen molar-refractivity contribution in [2.45, 2.75) is 24.9 Å². The molecule has 1 fully saturated rings. The Morgan fingerprint density at radius 3 is 2.58 bits per heavy atom. The van der Waals surface area contributed by atoms with Gasteiger partial charge in [-0.25, -0.2) is 0 Å². The molecule has 24 heavy (non-hydrogen) atoms. The molecule has 132 valence electrons. The summed E-state index contributed by atoms with van der Waals surface area (Å²) in [6.45, 7) is 2.94. The minimum atomic E-state index is -0.675. The Hall–Kier alpha value is -1.85. The van der Waals surface area contributed by atoms with Crippen LogP contribution in [0.15, 0.2) is 42.5 Å². The van der Waals surface area contributed by atoms with Gasteiger partial charge in [-0.1, -0.05) is 24.3 Å². The van der Waals surface area contributed by atoms with Crippen molar-refractivity contribution in [3.8, 4) is 0 Å². The van der Waals surface area contributed by atoms with E-state index >= 15 is 0 Å². The predicted molar refractivity (Wildman–Crippen MR) is 98.2 cm³/mol. The minimum absolute atomic E-state index is 0.0952. The molecule has 0 bridgehead atoms. The summed E-state index contributed by atoms with van der Waals surface area (Å²) in [5, 5.41) is 13.5. The molecular weight excluding hydrogens is 302 g/mol. The van der Waals surface area contributed by atoms with Gasteiger partial charge in [-0.2, -0.15) is 0 Å². The van der Waals surface area contributed by atoms with Gasteiger partial charge >= 0.3 is 0 Å². The van der Waals surface area contributed by atoms with Crippen molar-refractivity contribution in [3.05, 3.63) is 42.5 Å². The second kappa shape index (κ2) is 8.85. The van der Waals surface area contributed by atoms with Crippen LogP contribution in [0.1, 0.15) is 19.3 Å². The summed E-state index contributed by atoms with van der Waals surface area (Å²) >= 11 is 0. The predicted octanol–water partition coefficient (Wildman–Crippen LogP) is 1.64. The minimum Gasteiger partial charge on any atom is -0.390 e. The number of hydrogen-bond donors (Lipinski definition) is 2. The highest BCUT2D eigenvalue weighted by Crippen LogP contribution is 2.28. The number of piperidine rings is 1. The van der Waals surface area contributed by atoms with Gasteiger partial charge in [0.1, 0.15) is 0 Å². The van der Waals surface area contributed by atoms with Gasteiger partial charge in [0.05, 0.1) is 5.60 Å². The molecule has 1 aromatic rings. The van der Waals surface area contributed by atoms with Gasteiger partial charge in [0, 0.05) is 37.9 Å². The summed E-state index contributed by atoms with van der Waals surface area (Å²) in [7, 11) is 3.92. The number of nitrogens with zero attached hydrogens (tertiary/aromatic N) is 2. The van der Waals surface area contributed by atoms with Crippen LogP contribution in [-0.2, 0) is 4.79 Å². The first kappa shape index (κ1) is 18.5. The maximum Gasteiger partial charge on any atom is 0.243 e. The standard InChI is InChI=1S/C19H29N3O2/c1-21(2)14-6-9-18(23)20-13-10-19(24)11-15-22(16-12-19)17-7-4-3-5-8-17/h3-9,24H,10-16H2,1-2H3,(H,20,23)/b9-6+. The molecule has 0 spiro atoms. The Labute approximate surface area is 145 Å². The van der Waals surface area contributed by atoms with Crippen LogP contribution in [0.2, 0.25) is 0 Å². The Morgan fingerprint density at radius 2 is 1.96 bits per heavy atom. The Morgan fingerprint density at radius 1 is 1.29 bits per heavy atom. The monoisotopic (exact) mass is 331 g/mol. The highest BCUT2D eigenvalue weighted by molar-refractivity contribution is 5.87. The van der Waals surface area contributed by atoms with Gasteiger partial charge in [0.25, 0.3) is 0 Å². The molecule has 0 saturated carbocycles. The first-order valence-corrected chi connectivity index (χ1v) is 8.60. The first-order valence-electron chi connectivity index (χ1n) is 8.60. The van der Waals surface area contributed by atoms with Crippen LogP contribution in [0.3, 0.4) is 0 Å². The van der Waals surface area contributed by atoms with E-state index in [1.54, 1.807) is 6.08 Å². The van der Waals surface area contributed by atoms with E-state index in [0.717, 1.165) is 32.5 Å². The van der Waals surface area contributed by atoms with Crippen molar-refractivity contribution in [3.63, 3.8) is 0 Å². The molecule has 0 unspecified atom stereocenters. The van der Waals surface area contributed by atoms with E-state index in [2.05, 4.69) is 22.3 Å². The second-order valence-corrected chi connectivity index (χ2v) is 6.75. The number of likely N-dealkylation sites (N-methyl/N-ethyl adjacent to an activating group) is 1. The zero-order valence-electron chi connectivity index (χ0n) is 14.7. The number of carbonyl (C=O) groups is 1. The summed E-state index contributed by atoms with van der Waals surface area (Å²) in [5.74, 6) is -0.0952. The lowest BCUT2D eigenvalue weighted by Crippen LogP contribution is -2.46. The van der Waals surface area contributed by atoms with Crippen molar-refractivity contribution in [2.75, 3.05) is 45.2 Å². The zero-order valence-corrected chi connectivity index (χ0v) is 14.7. The molecule has 0 aliphatic carbocycles. The highest BCUT2D eigenvalue weighted by Gasteiger charge is 2.31. The molecule has 5 nitrogen and oxygen atoms in total. The van der Waals surface area contributed by atoms with Gasteiger partial charge in [0.2, 0.25) is 5.91 Å². The third-order valence-corrected chi connectivity index (χ3v) is 4.44. The Balaban J connectivity index is 1.70. The fourth-order valence-electron chi connectivity index (χ4n) is 2.92. The first-order chi connectivity index (χ1) is 11.5. The number of nitrogens with one attached hydrogen (secondary N) is 1. The van der Waals surface area contributed by atoms with E-state index in [1.807, 2.05) is 43.3 Å². The van der Waals surface area contributed by atoms with Crippen molar-refractivity contribution < 1.29 is 9.90 Å². The quantitative estimate of drug-likeness (QED) is 0.746. The highest BCUT2D eigenvalue weighted by atomic mass is 16.3. The van der Waals surface area contributed by atoms with Gasteiger partial charge in [-0.15, -0.1) is 0 Å². The van der Waals surface area contributed by atoms with Crippen LogP contribution < -0.4 is 10.2 Å². The molecule has 1 aliphatic heterocycles. The van der Waals surface area contributed by atoms with Gasteiger partial charge < -0.3 is 20.2 Å². The van der Waals surface area contributed by atoms with Crippen LogP contribution in [-0.4, -0.2) is 61.8 Å². The second-order valence-electron chi connectivity index (χ2n) is 6.75. The molecule has 2 N–H and O–H groups in total. The zero-order chi connectivity index (χ0) is 17.4. The number of para-hydroxylation sites is 1. The molecule has 1 aromatic carbocycles. The number of benzene rings is 1. The maximum atomic E-state index is 11.7. The number of aliphatic hydroxyl groups is 1. The molecule has 1 heterocycles. The molecule has 5 heteroatoms. The third kappa shape index (κ3) is 5.98. The number of anilines is 1. The van der Waals surface area contributed by atoms with Crippen LogP contribution in [0.5, 0.6) is 0 Å². The van der Waals surface area contributed by atoms with Crippen molar-refractivity contribution in [1.82, 2.24) is 10.2 Å². The summed E-state index contributed by atoms with van der Waals surface area (Å²) < 4.78 is 0. The van der Waals surface area contributed by atoms with E-state index in [9.17, 15) is 9.90 Å². The third-order valence-electron chi connectivity index (χ3n) is 4.44. The van der Waals surface area contributed by atoms with Gasteiger partial charge in [-0.3, -0.25) is 4.79 Å². The lowest BCUT2D eigenvalue weighted by atomic mass is 9.88. The molecular formula is C19H29N3O2. The maximum absolute atomic E-state index is 11.7. The fourth-order valence-corrected chi connectivity index (χ4v) is 2.92. The average molecular weight is 331 g/mol. The smallest absolute Gasteiger partial charge is 0.243 e. The lowest BCUT2D eigenvalue weighted by molar-refractivity contribution is -0.116. The van der Waals surface area contributed by atoms with Gasteiger partial charge in [-0.05, 0) is 45.5 Å². The van der Waals surface area contributed by atoms with Crippen LogP contribution in [0, 0.1) is 0 Å². The number of amides is 1. The average Bonchev–Trinajstić information content (AvgIpc) is 2.56. The number of carbonyl (C=O) groups excluding carboxylic acids is 1. The fraction of sp³-hybridized carbons (Fsp3) is 0.526. The normalized spacial score (nSPS) is 17.4.